The summed E-state index contributed by atoms with van der Waals surface area (Å²) < 4.78 is 13.5. The van der Waals surface area contributed by atoms with Crippen molar-refractivity contribution in [2.24, 2.45) is 0 Å². The molecule has 284 valence electrons. The molecule has 4 nitrogen and oxygen atoms in total. The van der Waals surface area contributed by atoms with E-state index in [4.69, 9.17) is 8.83 Å². The molecule has 0 N–H and O–H groups in total. The lowest BCUT2D eigenvalue weighted by atomic mass is 10.0. The van der Waals surface area contributed by atoms with E-state index in [2.05, 4.69) is 208 Å². The highest BCUT2D eigenvalue weighted by atomic mass is 16.3. The SMILES string of the molecule is Cc1cccc(N(c2cccc(C)c2)c2ccc3cc4c(cc3c2)oc2c(C)c3oc5cc6cc(N(c7cccc(C)c7)c7cccc(C)c7)ccc6cc5c3cc24)c1. The van der Waals surface area contributed by atoms with Crippen molar-refractivity contribution in [3.63, 3.8) is 0 Å². The second-order valence-corrected chi connectivity index (χ2v) is 16.2. The maximum atomic E-state index is 6.74. The van der Waals surface area contributed by atoms with E-state index in [1.165, 1.54) is 33.0 Å². The Morgan fingerprint density at radius 2 is 0.661 bits per heavy atom. The molecule has 0 radical (unpaired) electrons. The first-order chi connectivity index (χ1) is 28.7. The number of fused-ring (bicyclic) bond motifs is 8. The van der Waals surface area contributed by atoms with E-state index in [0.717, 1.165) is 94.3 Å². The Kier molecular flexibility index (Phi) is 7.92. The maximum Gasteiger partial charge on any atom is 0.142 e. The number of anilines is 6. The summed E-state index contributed by atoms with van der Waals surface area (Å²) in [6.45, 7) is 10.7. The number of hydrogen-bond acceptors (Lipinski definition) is 4. The molecular weight excluding hydrogens is 721 g/mol. The van der Waals surface area contributed by atoms with E-state index in [1.807, 2.05) is 0 Å². The Hall–Kier alpha value is -7.30. The first kappa shape index (κ1) is 34.9. The van der Waals surface area contributed by atoms with Crippen molar-refractivity contribution in [1.29, 1.82) is 0 Å². The Labute approximate surface area is 343 Å². The van der Waals surface area contributed by atoms with Crippen LogP contribution in [0.1, 0.15) is 27.8 Å². The topological polar surface area (TPSA) is 32.8 Å². The van der Waals surface area contributed by atoms with Gasteiger partial charge in [-0.15, -0.1) is 0 Å². The molecule has 0 aliphatic carbocycles. The highest BCUT2D eigenvalue weighted by Crippen LogP contribution is 2.44. The molecule has 0 fully saturated rings. The van der Waals surface area contributed by atoms with E-state index in [9.17, 15) is 0 Å². The van der Waals surface area contributed by atoms with Crippen molar-refractivity contribution in [2.45, 2.75) is 34.6 Å². The van der Waals surface area contributed by atoms with Crippen molar-refractivity contribution < 1.29 is 8.83 Å². The summed E-state index contributed by atoms with van der Waals surface area (Å²) in [7, 11) is 0. The van der Waals surface area contributed by atoms with Gasteiger partial charge in [0.1, 0.15) is 22.3 Å². The largest absolute Gasteiger partial charge is 0.456 e. The molecule has 0 atom stereocenters. The molecule has 59 heavy (non-hydrogen) atoms. The lowest BCUT2D eigenvalue weighted by Gasteiger charge is -2.26. The van der Waals surface area contributed by atoms with Crippen molar-refractivity contribution >= 4 is 99.5 Å². The minimum atomic E-state index is 0.863. The predicted octanol–water partition coefficient (Wildman–Crippen LogP) is 16.3. The average molecular weight is 763 g/mol. The van der Waals surface area contributed by atoms with E-state index >= 15 is 0 Å². The maximum absolute atomic E-state index is 6.74. The fourth-order valence-electron chi connectivity index (χ4n) is 9.02. The Balaban J connectivity index is 1.03. The van der Waals surface area contributed by atoms with E-state index in [-0.39, 0.29) is 0 Å². The summed E-state index contributed by atoms with van der Waals surface area (Å²) in [5, 5.41) is 8.99. The van der Waals surface area contributed by atoms with Crippen LogP contribution in [0.3, 0.4) is 0 Å². The van der Waals surface area contributed by atoms with Crippen molar-refractivity contribution in [1.82, 2.24) is 0 Å². The molecule has 9 aromatic carbocycles. The lowest BCUT2D eigenvalue weighted by Crippen LogP contribution is -2.10. The standard InChI is InChI=1S/C55H42N2O2/c1-33-10-6-14-42(22-33)56(43-15-7-11-34(2)23-43)46-20-18-38-28-48-50-32-51-49-29-39-19-21-47(57(44-16-8-12-35(3)24-44)45-17-9-13-36(4)25-45)27-41(39)31-53(49)59-55(51)37(5)54(50)58-52(48)30-40(38)26-46/h6-32H,1-5H3. The van der Waals surface area contributed by atoms with Crippen LogP contribution < -0.4 is 9.80 Å². The van der Waals surface area contributed by atoms with Gasteiger partial charge in [0.05, 0.1) is 0 Å². The summed E-state index contributed by atoms with van der Waals surface area (Å²) in [4.78, 5) is 4.67. The highest BCUT2D eigenvalue weighted by molar-refractivity contribution is 6.20. The van der Waals surface area contributed by atoms with Gasteiger partial charge in [0.15, 0.2) is 0 Å². The fourth-order valence-corrected chi connectivity index (χ4v) is 9.02. The van der Waals surface area contributed by atoms with Gasteiger partial charge in [0.2, 0.25) is 0 Å². The van der Waals surface area contributed by atoms with Gasteiger partial charge in [-0.2, -0.15) is 0 Å². The minimum absolute atomic E-state index is 0.863. The lowest BCUT2D eigenvalue weighted by molar-refractivity contribution is 0.651. The molecule has 0 bridgehead atoms. The zero-order valence-electron chi connectivity index (χ0n) is 33.8. The molecule has 0 saturated carbocycles. The van der Waals surface area contributed by atoms with Crippen LogP contribution in [0, 0.1) is 34.6 Å². The van der Waals surface area contributed by atoms with Gasteiger partial charge in [-0.1, -0.05) is 60.7 Å². The highest BCUT2D eigenvalue weighted by Gasteiger charge is 2.21. The average Bonchev–Trinajstić information content (AvgIpc) is 3.77. The van der Waals surface area contributed by atoms with Gasteiger partial charge in [-0.3, -0.25) is 0 Å². The fraction of sp³-hybridized carbons (Fsp3) is 0.0909. The van der Waals surface area contributed by atoms with Crippen LogP contribution in [-0.4, -0.2) is 0 Å². The van der Waals surface area contributed by atoms with Crippen LogP contribution in [0.2, 0.25) is 0 Å². The quantitative estimate of drug-likeness (QED) is 0.169. The Morgan fingerprint density at radius 3 is 1.02 bits per heavy atom. The third kappa shape index (κ3) is 5.90. The molecule has 11 rings (SSSR count). The molecule has 11 aromatic rings. The molecule has 0 spiro atoms. The van der Waals surface area contributed by atoms with Gasteiger partial charge in [0.25, 0.3) is 0 Å². The normalized spacial score (nSPS) is 11.8. The summed E-state index contributed by atoms with van der Waals surface area (Å²) in [5.41, 5.74) is 16.1. The molecule has 0 saturated heterocycles. The van der Waals surface area contributed by atoms with Gasteiger partial charge in [0, 0.05) is 61.2 Å². The predicted molar refractivity (Wildman–Crippen MR) is 249 cm³/mol. The first-order valence-electron chi connectivity index (χ1n) is 20.3. The van der Waals surface area contributed by atoms with Gasteiger partial charge < -0.3 is 18.6 Å². The molecule has 0 amide bonds. The first-order valence-corrected chi connectivity index (χ1v) is 20.3. The number of nitrogens with zero attached hydrogens (tertiary/aromatic N) is 2. The number of hydrogen-bond donors (Lipinski definition) is 0. The monoisotopic (exact) mass is 762 g/mol. The van der Waals surface area contributed by atoms with Crippen LogP contribution in [0.4, 0.5) is 34.1 Å². The minimum Gasteiger partial charge on any atom is -0.456 e. The molecule has 0 aliphatic heterocycles. The van der Waals surface area contributed by atoms with Crippen molar-refractivity contribution in [2.75, 3.05) is 9.80 Å². The smallest absolute Gasteiger partial charge is 0.142 e. The van der Waals surface area contributed by atoms with Crippen molar-refractivity contribution in [3.05, 3.63) is 192 Å². The van der Waals surface area contributed by atoms with Crippen LogP contribution in [-0.2, 0) is 0 Å². The molecule has 0 unspecified atom stereocenters. The third-order valence-corrected chi connectivity index (χ3v) is 11.9. The van der Waals surface area contributed by atoms with E-state index in [0.29, 0.717) is 0 Å². The van der Waals surface area contributed by atoms with E-state index in [1.54, 1.807) is 0 Å². The second kappa shape index (κ2) is 13.4. The summed E-state index contributed by atoms with van der Waals surface area (Å²) in [5.74, 6) is 0. The molecule has 2 heterocycles. The number of benzene rings is 9. The van der Waals surface area contributed by atoms with E-state index < -0.39 is 0 Å². The van der Waals surface area contributed by atoms with Crippen LogP contribution in [0.25, 0.3) is 65.4 Å². The summed E-state index contributed by atoms with van der Waals surface area (Å²) in [6.07, 6.45) is 0. The van der Waals surface area contributed by atoms with Crippen LogP contribution in [0.15, 0.2) is 173 Å². The molecule has 4 heteroatoms. The Morgan fingerprint density at radius 1 is 0.305 bits per heavy atom. The van der Waals surface area contributed by atoms with Gasteiger partial charge in [-0.25, -0.2) is 0 Å². The number of aryl methyl sites for hydroxylation is 5. The molecule has 0 aliphatic rings. The molecule has 2 aromatic heterocycles. The second-order valence-electron chi connectivity index (χ2n) is 16.2. The third-order valence-electron chi connectivity index (χ3n) is 11.9. The zero-order valence-corrected chi connectivity index (χ0v) is 33.8. The summed E-state index contributed by atoms with van der Waals surface area (Å²) in [6, 6.07) is 59.4. The number of furan rings is 2. The van der Waals surface area contributed by atoms with Crippen LogP contribution >= 0.6 is 0 Å². The van der Waals surface area contributed by atoms with Crippen LogP contribution in [0.5, 0.6) is 0 Å². The zero-order chi connectivity index (χ0) is 39.9. The Bertz CT molecular complexity index is 3160. The van der Waals surface area contributed by atoms with Crippen molar-refractivity contribution in [3.8, 4) is 0 Å². The van der Waals surface area contributed by atoms with Gasteiger partial charge >= 0.3 is 0 Å². The molecular formula is C55H42N2O2. The van der Waals surface area contributed by atoms with Gasteiger partial charge in [-0.05, 0) is 182 Å². The number of rotatable bonds is 6. The summed E-state index contributed by atoms with van der Waals surface area (Å²) >= 11 is 0.